The molecule has 0 radical (unpaired) electrons. The number of methoxy groups -OCH3 is 1. The molecule has 152 valence electrons. The van der Waals surface area contributed by atoms with Gasteiger partial charge in [-0.1, -0.05) is 18.2 Å². The van der Waals surface area contributed by atoms with E-state index >= 15 is 0 Å². The maximum Gasteiger partial charge on any atom is 0.434 e. The first-order chi connectivity index (χ1) is 13.8. The van der Waals surface area contributed by atoms with Gasteiger partial charge in [-0.2, -0.15) is 5.06 Å². The van der Waals surface area contributed by atoms with Gasteiger partial charge in [-0.05, 0) is 39.0 Å². The van der Waals surface area contributed by atoms with E-state index in [1.54, 1.807) is 32.9 Å². The van der Waals surface area contributed by atoms with Gasteiger partial charge in [0.05, 0.1) is 24.6 Å². The molecule has 0 fully saturated rings. The SMILES string of the molecule is COC(=O)N1OCc2c(n(C(=O)OC(C)(C)C)c3ccccc23)C1c1ccco1. The monoisotopic (exact) mass is 398 g/mol. The molecule has 0 N–H and O–H groups in total. The molecule has 0 aliphatic carbocycles. The number of hydrogen-bond donors (Lipinski definition) is 0. The van der Waals surface area contributed by atoms with Gasteiger partial charge in [-0.15, -0.1) is 0 Å². The Bertz CT molecular complexity index is 1060. The van der Waals surface area contributed by atoms with Crippen molar-refractivity contribution in [3.8, 4) is 0 Å². The zero-order valence-corrected chi connectivity index (χ0v) is 16.7. The molecule has 8 nitrogen and oxygen atoms in total. The first-order valence-electron chi connectivity index (χ1n) is 9.21. The van der Waals surface area contributed by atoms with E-state index < -0.39 is 23.8 Å². The quantitative estimate of drug-likeness (QED) is 0.595. The zero-order valence-electron chi connectivity index (χ0n) is 16.7. The molecule has 1 amide bonds. The van der Waals surface area contributed by atoms with Crippen molar-refractivity contribution in [3.05, 3.63) is 59.7 Å². The second-order valence-electron chi connectivity index (χ2n) is 7.68. The minimum atomic E-state index is -0.818. The number of benzene rings is 1. The van der Waals surface area contributed by atoms with Crippen molar-refractivity contribution < 1.29 is 28.3 Å². The van der Waals surface area contributed by atoms with Gasteiger partial charge >= 0.3 is 12.2 Å². The molecule has 2 aromatic heterocycles. The normalized spacial score (nSPS) is 16.6. The summed E-state index contributed by atoms with van der Waals surface area (Å²) in [5, 5.41) is 1.93. The van der Waals surface area contributed by atoms with Crippen LogP contribution in [-0.2, 0) is 20.9 Å². The van der Waals surface area contributed by atoms with Gasteiger partial charge in [-0.3, -0.25) is 4.84 Å². The van der Waals surface area contributed by atoms with E-state index in [2.05, 4.69) is 0 Å². The molecule has 1 aliphatic rings. The van der Waals surface area contributed by atoms with Gasteiger partial charge in [0, 0.05) is 10.9 Å². The van der Waals surface area contributed by atoms with Crippen molar-refractivity contribution in [3.63, 3.8) is 0 Å². The number of carbonyl (C=O) groups is 2. The van der Waals surface area contributed by atoms with Gasteiger partial charge in [0.1, 0.15) is 18.0 Å². The Hall–Kier alpha value is -3.26. The molecule has 29 heavy (non-hydrogen) atoms. The highest BCUT2D eigenvalue weighted by molar-refractivity contribution is 5.94. The third-order valence-electron chi connectivity index (χ3n) is 4.60. The fourth-order valence-electron chi connectivity index (χ4n) is 3.53. The molecule has 1 unspecified atom stereocenters. The van der Waals surface area contributed by atoms with Gasteiger partial charge in [0.15, 0.2) is 6.04 Å². The number of hydrogen-bond acceptors (Lipinski definition) is 6. The minimum Gasteiger partial charge on any atom is -0.467 e. The maximum atomic E-state index is 13.2. The zero-order chi connectivity index (χ0) is 20.8. The van der Waals surface area contributed by atoms with Crippen molar-refractivity contribution >= 4 is 23.1 Å². The Morgan fingerprint density at radius 1 is 1.10 bits per heavy atom. The number of para-hydroxylation sites is 1. The Labute approximate surface area is 167 Å². The Morgan fingerprint density at radius 3 is 2.52 bits per heavy atom. The van der Waals surface area contributed by atoms with E-state index in [-0.39, 0.29) is 6.61 Å². The molecule has 1 aliphatic heterocycles. The summed E-state index contributed by atoms with van der Waals surface area (Å²) in [7, 11) is 1.27. The van der Waals surface area contributed by atoms with Crippen LogP contribution in [0.4, 0.5) is 9.59 Å². The lowest BCUT2D eigenvalue weighted by atomic mass is 10.0. The number of ether oxygens (including phenoxy) is 2. The van der Waals surface area contributed by atoms with Crippen molar-refractivity contribution in [2.75, 3.05) is 7.11 Å². The highest BCUT2D eigenvalue weighted by atomic mass is 16.7. The first kappa shape index (κ1) is 19.1. The van der Waals surface area contributed by atoms with Gasteiger partial charge in [0.2, 0.25) is 0 Å². The van der Waals surface area contributed by atoms with Crippen LogP contribution in [0.5, 0.6) is 0 Å². The number of hydroxylamine groups is 2. The van der Waals surface area contributed by atoms with Crippen LogP contribution in [0.3, 0.4) is 0 Å². The molecule has 3 aromatic rings. The van der Waals surface area contributed by atoms with Crippen LogP contribution in [0, 0.1) is 0 Å². The average molecular weight is 398 g/mol. The number of carbonyl (C=O) groups excluding carboxylic acids is 2. The van der Waals surface area contributed by atoms with Crippen molar-refractivity contribution in [2.24, 2.45) is 0 Å². The highest BCUT2D eigenvalue weighted by Gasteiger charge is 2.42. The van der Waals surface area contributed by atoms with Gasteiger partial charge < -0.3 is 13.9 Å². The van der Waals surface area contributed by atoms with Crippen molar-refractivity contribution in [2.45, 2.75) is 39.0 Å². The topological polar surface area (TPSA) is 83.1 Å². The summed E-state index contributed by atoms with van der Waals surface area (Å²) in [6, 6.07) is 10.1. The Balaban J connectivity index is 1.99. The van der Waals surface area contributed by atoms with Crippen LogP contribution in [0.25, 0.3) is 10.9 Å². The number of amides is 1. The van der Waals surface area contributed by atoms with Crippen molar-refractivity contribution in [1.29, 1.82) is 0 Å². The molecular weight excluding hydrogens is 376 g/mol. The third-order valence-corrected chi connectivity index (χ3v) is 4.60. The van der Waals surface area contributed by atoms with E-state index in [0.717, 1.165) is 16.0 Å². The molecule has 8 heteroatoms. The van der Waals surface area contributed by atoms with Crippen LogP contribution in [-0.4, -0.2) is 34.5 Å². The van der Waals surface area contributed by atoms with E-state index in [0.29, 0.717) is 17.0 Å². The van der Waals surface area contributed by atoms with Crippen LogP contribution >= 0.6 is 0 Å². The molecule has 4 rings (SSSR count). The van der Waals surface area contributed by atoms with Gasteiger partial charge in [0.25, 0.3) is 0 Å². The summed E-state index contributed by atoms with van der Waals surface area (Å²) >= 11 is 0. The van der Waals surface area contributed by atoms with E-state index in [1.807, 2.05) is 24.3 Å². The second-order valence-corrected chi connectivity index (χ2v) is 7.68. The number of rotatable bonds is 1. The van der Waals surface area contributed by atoms with E-state index in [4.69, 9.17) is 18.7 Å². The second kappa shape index (κ2) is 6.97. The molecular formula is C21H22N2O6. The first-order valence-corrected chi connectivity index (χ1v) is 9.21. The molecule has 0 saturated heterocycles. The summed E-state index contributed by atoms with van der Waals surface area (Å²) in [5.41, 5.74) is 1.31. The fraction of sp³-hybridized carbons (Fsp3) is 0.333. The Kier molecular flexibility index (Phi) is 4.58. The lowest BCUT2D eigenvalue weighted by Gasteiger charge is -2.33. The smallest absolute Gasteiger partial charge is 0.434 e. The maximum absolute atomic E-state index is 13.2. The van der Waals surface area contributed by atoms with Gasteiger partial charge in [-0.25, -0.2) is 14.2 Å². The third kappa shape index (κ3) is 3.25. The molecule has 0 spiro atoms. The Morgan fingerprint density at radius 2 is 1.86 bits per heavy atom. The minimum absolute atomic E-state index is 0.0952. The number of fused-ring (bicyclic) bond motifs is 3. The van der Waals surface area contributed by atoms with Crippen LogP contribution in [0.1, 0.15) is 43.8 Å². The predicted octanol–water partition coefficient (Wildman–Crippen LogP) is 4.62. The highest BCUT2D eigenvalue weighted by Crippen LogP contribution is 2.41. The summed E-state index contributed by atoms with van der Waals surface area (Å²) < 4.78 is 17.6. The van der Waals surface area contributed by atoms with Crippen LogP contribution < -0.4 is 0 Å². The van der Waals surface area contributed by atoms with Crippen LogP contribution in [0.2, 0.25) is 0 Å². The molecule has 3 heterocycles. The fourth-order valence-corrected chi connectivity index (χ4v) is 3.53. The summed E-state index contributed by atoms with van der Waals surface area (Å²) in [6.07, 6.45) is 0.260. The summed E-state index contributed by atoms with van der Waals surface area (Å²) in [4.78, 5) is 31.4. The lowest BCUT2D eigenvalue weighted by molar-refractivity contribution is -0.176. The molecule has 0 saturated carbocycles. The average Bonchev–Trinajstić information content (AvgIpc) is 3.31. The standard InChI is InChI=1S/C21H22N2O6/c1-21(2,3)29-19(24)22-15-9-6-5-8-13(15)14-12-28-23(20(25)26-4)18(17(14)22)16-10-7-11-27-16/h5-11,18H,12H2,1-4H3. The van der Waals surface area contributed by atoms with E-state index in [9.17, 15) is 9.59 Å². The number of nitrogens with zero attached hydrogens (tertiary/aromatic N) is 2. The number of furan rings is 1. The summed E-state index contributed by atoms with van der Waals surface area (Å²) in [5.74, 6) is 0.434. The lowest BCUT2D eigenvalue weighted by Crippen LogP contribution is -2.40. The van der Waals surface area contributed by atoms with Crippen LogP contribution in [0.15, 0.2) is 47.1 Å². The molecule has 1 atom stereocenters. The van der Waals surface area contributed by atoms with E-state index in [1.165, 1.54) is 17.9 Å². The molecule has 1 aromatic carbocycles. The molecule has 0 bridgehead atoms. The number of aromatic nitrogens is 1. The van der Waals surface area contributed by atoms with Crippen molar-refractivity contribution in [1.82, 2.24) is 9.63 Å². The largest absolute Gasteiger partial charge is 0.467 e. The summed E-state index contributed by atoms with van der Waals surface area (Å²) in [6.45, 7) is 5.50. The predicted molar refractivity (Wildman–Crippen MR) is 103 cm³/mol.